The lowest BCUT2D eigenvalue weighted by atomic mass is 10.3. The van der Waals surface area contributed by atoms with E-state index in [-0.39, 0.29) is 13.1 Å². The molecule has 0 radical (unpaired) electrons. The van der Waals surface area contributed by atoms with E-state index < -0.39 is 5.92 Å². The summed E-state index contributed by atoms with van der Waals surface area (Å²) in [4.78, 5) is 1.79. The number of halogens is 2. The summed E-state index contributed by atoms with van der Waals surface area (Å²) in [5, 5.41) is 2.88. The van der Waals surface area contributed by atoms with Gasteiger partial charge in [-0.25, -0.2) is 8.78 Å². The van der Waals surface area contributed by atoms with Gasteiger partial charge in [0.1, 0.15) is 0 Å². The molecule has 2 aliphatic carbocycles. The summed E-state index contributed by atoms with van der Waals surface area (Å²) in [5.41, 5.74) is 0. The van der Waals surface area contributed by atoms with Crippen LogP contribution in [0, 0.1) is 0 Å². The largest absolute Gasteiger partial charge is 0.308 e. The second-order valence-corrected chi connectivity index (χ2v) is 4.66. The van der Waals surface area contributed by atoms with Crippen LogP contribution < -0.4 is 5.32 Å². The molecule has 0 amide bonds. The van der Waals surface area contributed by atoms with Crippen molar-refractivity contribution in [2.45, 2.75) is 43.7 Å². The monoisotopic (exact) mass is 204 g/mol. The summed E-state index contributed by atoms with van der Waals surface area (Å²) in [6, 6.07) is 0.786. The smallest absolute Gasteiger partial charge is 0.272 e. The quantitative estimate of drug-likeness (QED) is 0.704. The minimum absolute atomic E-state index is 0.0998. The zero-order valence-electron chi connectivity index (χ0n) is 8.60. The van der Waals surface area contributed by atoms with Crippen LogP contribution >= 0.6 is 0 Å². The van der Waals surface area contributed by atoms with Gasteiger partial charge in [0.15, 0.2) is 0 Å². The third-order valence-corrected chi connectivity index (χ3v) is 2.88. The van der Waals surface area contributed by atoms with Crippen molar-refractivity contribution in [3.63, 3.8) is 0 Å². The van der Waals surface area contributed by atoms with Crippen LogP contribution in [0.2, 0.25) is 0 Å². The van der Waals surface area contributed by atoms with E-state index in [4.69, 9.17) is 0 Å². The molecule has 0 aromatic rings. The van der Waals surface area contributed by atoms with Crippen molar-refractivity contribution in [1.82, 2.24) is 10.2 Å². The second kappa shape index (κ2) is 3.74. The maximum atomic E-state index is 13.3. The van der Waals surface area contributed by atoms with Crippen molar-refractivity contribution in [3.8, 4) is 0 Å². The van der Waals surface area contributed by atoms with E-state index in [1.54, 1.807) is 11.9 Å². The molecule has 0 atom stereocenters. The first-order valence-corrected chi connectivity index (χ1v) is 5.38. The van der Waals surface area contributed by atoms with Gasteiger partial charge >= 0.3 is 0 Å². The normalized spacial score (nSPS) is 23.1. The average molecular weight is 204 g/mol. The Morgan fingerprint density at radius 1 is 1.29 bits per heavy atom. The summed E-state index contributed by atoms with van der Waals surface area (Å²) >= 11 is 0. The van der Waals surface area contributed by atoms with Crippen LogP contribution in [0.1, 0.15) is 25.7 Å². The molecule has 0 unspecified atom stereocenters. The Balaban J connectivity index is 1.68. The van der Waals surface area contributed by atoms with Gasteiger partial charge in [-0.1, -0.05) is 0 Å². The van der Waals surface area contributed by atoms with Crippen LogP contribution in [0.25, 0.3) is 0 Å². The lowest BCUT2D eigenvalue weighted by molar-refractivity contribution is -0.0268. The number of nitrogens with one attached hydrogen (secondary N) is 1. The molecule has 2 rings (SSSR count). The highest BCUT2D eigenvalue weighted by Crippen LogP contribution is 2.28. The summed E-state index contributed by atoms with van der Waals surface area (Å²) in [7, 11) is 1.79. The van der Waals surface area contributed by atoms with Gasteiger partial charge in [-0.3, -0.25) is 4.90 Å². The molecule has 0 aromatic carbocycles. The summed E-state index contributed by atoms with van der Waals surface area (Å²) < 4.78 is 26.7. The summed E-state index contributed by atoms with van der Waals surface area (Å²) in [6.07, 6.45) is 4.30. The fourth-order valence-electron chi connectivity index (χ4n) is 1.65. The zero-order valence-corrected chi connectivity index (χ0v) is 8.60. The fourth-order valence-corrected chi connectivity index (χ4v) is 1.65. The van der Waals surface area contributed by atoms with Gasteiger partial charge in [-0.05, 0) is 32.7 Å². The number of hydrogen-bond donors (Lipinski definition) is 1. The lowest BCUT2D eigenvalue weighted by Gasteiger charge is -2.23. The Kier molecular flexibility index (Phi) is 2.75. The first kappa shape index (κ1) is 10.3. The molecule has 14 heavy (non-hydrogen) atoms. The molecule has 2 nitrogen and oxygen atoms in total. The first-order chi connectivity index (χ1) is 6.57. The molecule has 0 bridgehead atoms. The summed E-state index contributed by atoms with van der Waals surface area (Å²) in [5.74, 6) is -2.57. The zero-order chi connectivity index (χ0) is 10.2. The molecule has 1 N–H and O–H groups in total. The van der Waals surface area contributed by atoms with E-state index in [9.17, 15) is 8.78 Å². The number of alkyl halides is 2. The molecule has 2 aliphatic rings. The summed E-state index contributed by atoms with van der Waals surface area (Å²) in [6.45, 7) is -0.258. The predicted octanol–water partition coefficient (Wildman–Crippen LogP) is 1.47. The first-order valence-electron chi connectivity index (χ1n) is 5.38. The molecule has 4 heteroatoms. The minimum atomic E-state index is -2.57. The number of hydrogen-bond acceptors (Lipinski definition) is 2. The van der Waals surface area contributed by atoms with Crippen molar-refractivity contribution in [1.29, 1.82) is 0 Å². The SMILES string of the molecule is CN(CC(F)(F)CNC1CC1)C1CC1. The minimum Gasteiger partial charge on any atom is -0.308 e. The molecule has 0 aliphatic heterocycles. The van der Waals surface area contributed by atoms with Gasteiger partial charge in [0, 0.05) is 12.1 Å². The third kappa shape index (κ3) is 3.17. The van der Waals surface area contributed by atoms with E-state index in [1.165, 1.54) is 0 Å². The third-order valence-electron chi connectivity index (χ3n) is 2.88. The fraction of sp³-hybridized carbons (Fsp3) is 1.00. The van der Waals surface area contributed by atoms with Gasteiger partial charge in [0.25, 0.3) is 5.92 Å². The van der Waals surface area contributed by atoms with Crippen LogP contribution in [0.4, 0.5) is 8.78 Å². The predicted molar refractivity (Wildman–Crippen MR) is 51.6 cm³/mol. The maximum Gasteiger partial charge on any atom is 0.272 e. The molecule has 82 valence electrons. The van der Waals surface area contributed by atoms with E-state index in [2.05, 4.69) is 5.32 Å². The molecule has 0 aromatic heterocycles. The van der Waals surface area contributed by atoms with Crippen LogP contribution in [0.3, 0.4) is 0 Å². The molecule has 0 spiro atoms. The Hall–Kier alpha value is -0.220. The topological polar surface area (TPSA) is 15.3 Å². The molecular weight excluding hydrogens is 186 g/mol. The van der Waals surface area contributed by atoms with Crippen LogP contribution in [-0.2, 0) is 0 Å². The maximum absolute atomic E-state index is 13.3. The van der Waals surface area contributed by atoms with Crippen LogP contribution in [0.5, 0.6) is 0 Å². The number of nitrogens with zero attached hydrogens (tertiary/aromatic N) is 1. The van der Waals surface area contributed by atoms with Gasteiger partial charge in [-0.2, -0.15) is 0 Å². The molecule has 0 heterocycles. The van der Waals surface area contributed by atoms with E-state index in [0.717, 1.165) is 25.7 Å². The Bertz CT molecular complexity index is 200. The van der Waals surface area contributed by atoms with E-state index in [0.29, 0.717) is 12.1 Å². The van der Waals surface area contributed by atoms with Crippen molar-refractivity contribution in [2.75, 3.05) is 20.1 Å². The highest BCUT2D eigenvalue weighted by molar-refractivity contribution is 4.88. The molecule has 0 saturated heterocycles. The van der Waals surface area contributed by atoms with Gasteiger partial charge in [-0.15, -0.1) is 0 Å². The second-order valence-electron chi connectivity index (χ2n) is 4.66. The van der Waals surface area contributed by atoms with Gasteiger partial charge in [0.05, 0.1) is 13.1 Å². The van der Waals surface area contributed by atoms with Crippen molar-refractivity contribution < 1.29 is 8.78 Å². The van der Waals surface area contributed by atoms with Crippen LogP contribution in [0.15, 0.2) is 0 Å². The highest BCUT2D eigenvalue weighted by Gasteiger charge is 2.37. The molecule has 2 saturated carbocycles. The van der Waals surface area contributed by atoms with E-state index >= 15 is 0 Å². The van der Waals surface area contributed by atoms with Gasteiger partial charge in [0.2, 0.25) is 0 Å². The van der Waals surface area contributed by atoms with Crippen LogP contribution in [-0.4, -0.2) is 43.0 Å². The molecule has 2 fully saturated rings. The average Bonchev–Trinajstić information content (AvgIpc) is 2.95. The van der Waals surface area contributed by atoms with Crippen molar-refractivity contribution >= 4 is 0 Å². The van der Waals surface area contributed by atoms with E-state index in [1.807, 2.05) is 0 Å². The van der Waals surface area contributed by atoms with Crippen molar-refractivity contribution in [2.24, 2.45) is 0 Å². The molecular formula is C10H18F2N2. The van der Waals surface area contributed by atoms with Gasteiger partial charge < -0.3 is 5.32 Å². The Morgan fingerprint density at radius 2 is 1.93 bits per heavy atom. The highest BCUT2D eigenvalue weighted by atomic mass is 19.3. The Labute approximate surface area is 83.7 Å². The Morgan fingerprint density at radius 3 is 2.43 bits per heavy atom. The lowest BCUT2D eigenvalue weighted by Crippen LogP contribution is -2.43. The van der Waals surface area contributed by atoms with Crippen molar-refractivity contribution in [3.05, 3.63) is 0 Å². The number of rotatable bonds is 6. The standard InChI is InChI=1S/C10H18F2N2/c1-14(9-4-5-9)7-10(11,12)6-13-8-2-3-8/h8-9,13H,2-7H2,1H3.